The second-order valence-electron chi connectivity index (χ2n) is 7.73. The number of nitrogens with one attached hydrogen (secondary N) is 2. The lowest BCUT2D eigenvalue weighted by atomic mass is 10.1. The van der Waals surface area contributed by atoms with Gasteiger partial charge in [-0.25, -0.2) is 28.5 Å². The second-order valence-corrected chi connectivity index (χ2v) is 9.01. The molecular weight excluding hydrogens is 438 g/mol. The van der Waals surface area contributed by atoms with Crippen LogP contribution in [0.1, 0.15) is 28.4 Å². The highest BCUT2D eigenvalue weighted by atomic mass is 32.1. The summed E-state index contributed by atoms with van der Waals surface area (Å²) in [5.41, 5.74) is 1.33. The van der Waals surface area contributed by atoms with Crippen LogP contribution in [0, 0.1) is 25.5 Å². The number of rotatable bonds is 5. The number of anilines is 1. The van der Waals surface area contributed by atoms with Crippen LogP contribution in [0.5, 0.6) is 5.88 Å². The summed E-state index contributed by atoms with van der Waals surface area (Å²) in [6, 6.07) is 1.43. The average Bonchev–Trinajstić information content (AvgIpc) is 3.06. The number of thiazole rings is 1. The molecule has 3 heterocycles. The van der Waals surface area contributed by atoms with Crippen molar-refractivity contribution in [3.05, 3.63) is 39.3 Å². The van der Waals surface area contributed by atoms with Gasteiger partial charge >= 0.3 is 6.03 Å². The quantitative estimate of drug-likeness (QED) is 0.600. The van der Waals surface area contributed by atoms with Crippen LogP contribution in [0.3, 0.4) is 0 Å². The van der Waals surface area contributed by atoms with Crippen molar-refractivity contribution in [2.24, 2.45) is 0 Å². The van der Waals surface area contributed by atoms with E-state index in [1.807, 2.05) is 13.8 Å². The first-order valence-corrected chi connectivity index (χ1v) is 11.1. The molecule has 1 fully saturated rings. The minimum atomic E-state index is -1.04. The lowest BCUT2D eigenvalue weighted by molar-refractivity contribution is 0.190. The molecule has 0 saturated carbocycles. The van der Waals surface area contributed by atoms with Gasteiger partial charge in [0.15, 0.2) is 17.5 Å². The number of piperidine rings is 1. The van der Waals surface area contributed by atoms with Crippen molar-refractivity contribution in [2.75, 3.05) is 25.5 Å². The molecule has 170 valence electrons. The number of nitrogens with zero attached hydrogens (tertiary/aromatic N) is 4. The molecule has 32 heavy (non-hydrogen) atoms. The van der Waals surface area contributed by atoms with Crippen molar-refractivity contribution in [1.29, 1.82) is 0 Å². The Bertz CT molecular complexity index is 1150. The Kier molecular flexibility index (Phi) is 6.47. The number of aryl methyl sites for hydroxylation is 2. The first kappa shape index (κ1) is 22.3. The smallest absolute Gasteiger partial charge is 0.320 e. The highest BCUT2D eigenvalue weighted by Crippen LogP contribution is 2.25. The maximum atomic E-state index is 13.5. The average molecular weight is 463 g/mol. The molecule has 0 bridgehead atoms. The number of carbonyl (C=O) groups is 1. The van der Waals surface area contributed by atoms with E-state index in [1.165, 1.54) is 12.0 Å². The lowest BCUT2D eigenvalue weighted by Gasteiger charge is -2.32. The van der Waals surface area contributed by atoms with Crippen LogP contribution in [0.25, 0.3) is 11.0 Å². The number of carbonyl (C=O) groups excluding carboxylic acids is 1. The monoisotopic (exact) mass is 462 g/mol. The molecule has 1 aliphatic rings. The molecule has 1 aromatic carbocycles. The molecule has 3 aromatic rings. The maximum absolute atomic E-state index is 13.5. The zero-order chi connectivity index (χ0) is 22.8. The van der Waals surface area contributed by atoms with Gasteiger partial charge in [0.2, 0.25) is 0 Å². The molecule has 0 radical (unpaired) electrons. The van der Waals surface area contributed by atoms with Crippen LogP contribution in [0.4, 0.5) is 19.4 Å². The predicted octanol–water partition coefficient (Wildman–Crippen LogP) is 3.78. The summed E-state index contributed by atoms with van der Waals surface area (Å²) in [6.45, 7) is 6.65. The van der Waals surface area contributed by atoms with E-state index in [0.29, 0.717) is 0 Å². The first-order valence-electron chi connectivity index (χ1n) is 10.3. The van der Waals surface area contributed by atoms with Crippen LogP contribution in [0.15, 0.2) is 12.1 Å². The fraction of sp³-hybridized carbons (Fsp3) is 0.429. The Labute approximate surface area is 188 Å². The Morgan fingerprint density at radius 2 is 1.81 bits per heavy atom. The molecule has 0 unspecified atom stereocenters. The number of halogens is 2. The van der Waals surface area contributed by atoms with Gasteiger partial charge in [-0.2, -0.15) is 0 Å². The Morgan fingerprint density at radius 1 is 1.16 bits per heavy atom. The molecule has 0 atom stereocenters. The third kappa shape index (κ3) is 4.94. The molecule has 2 amide bonds. The predicted molar refractivity (Wildman–Crippen MR) is 118 cm³/mol. The number of ether oxygens (including phenoxy) is 1. The van der Waals surface area contributed by atoms with Crippen molar-refractivity contribution in [3.8, 4) is 5.88 Å². The second kappa shape index (κ2) is 9.29. The normalized spacial score (nSPS) is 15.2. The highest BCUT2D eigenvalue weighted by molar-refractivity contribution is 7.11. The number of hydrogen-bond donors (Lipinski definition) is 2. The lowest BCUT2D eigenvalue weighted by Crippen LogP contribution is -2.45. The number of fused-ring (bicyclic) bond motifs is 1. The van der Waals surface area contributed by atoms with Crippen molar-refractivity contribution >= 4 is 34.2 Å². The first-order chi connectivity index (χ1) is 15.3. The summed E-state index contributed by atoms with van der Waals surface area (Å²) >= 11 is 1.72. The molecule has 1 saturated heterocycles. The van der Waals surface area contributed by atoms with E-state index in [4.69, 9.17) is 4.74 Å². The molecule has 2 aromatic heterocycles. The maximum Gasteiger partial charge on any atom is 0.320 e. The van der Waals surface area contributed by atoms with Crippen molar-refractivity contribution in [3.63, 3.8) is 0 Å². The van der Waals surface area contributed by atoms with Crippen LogP contribution < -0.4 is 15.4 Å². The van der Waals surface area contributed by atoms with E-state index in [-0.39, 0.29) is 28.8 Å². The number of hydrogen-bond acceptors (Lipinski definition) is 7. The van der Waals surface area contributed by atoms with E-state index in [9.17, 15) is 13.6 Å². The molecule has 0 aliphatic carbocycles. The van der Waals surface area contributed by atoms with Gasteiger partial charge < -0.3 is 10.1 Å². The molecular formula is C21H24F2N6O2S. The number of amides is 2. The van der Waals surface area contributed by atoms with E-state index in [1.54, 1.807) is 11.3 Å². The third-order valence-electron chi connectivity index (χ3n) is 5.39. The van der Waals surface area contributed by atoms with E-state index < -0.39 is 17.7 Å². The van der Waals surface area contributed by atoms with Gasteiger partial charge in [0.25, 0.3) is 5.88 Å². The van der Waals surface area contributed by atoms with Gasteiger partial charge in [-0.05, 0) is 26.7 Å². The van der Waals surface area contributed by atoms with Crippen LogP contribution in [-0.2, 0) is 6.54 Å². The molecule has 8 nitrogen and oxygen atoms in total. The number of methoxy groups -OCH3 is 1. The minimum absolute atomic E-state index is 0.0153. The van der Waals surface area contributed by atoms with E-state index in [2.05, 4.69) is 30.5 Å². The van der Waals surface area contributed by atoms with Crippen molar-refractivity contribution in [1.82, 2.24) is 25.2 Å². The minimum Gasteiger partial charge on any atom is -0.478 e. The van der Waals surface area contributed by atoms with Gasteiger partial charge in [-0.1, -0.05) is 0 Å². The van der Waals surface area contributed by atoms with Crippen LogP contribution in [0.2, 0.25) is 0 Å². The molecule has 11 heteroatoms. The summed E-state index contributed by atoms with van der Waals surface area (Å²) in [7, 11) is 1.36. The largest absolute Gasteiger partial charge is 0.478 e. The summed E-state index contributed by atoms with van der Waals surface area (Å²) in [6.07, 6.45) is 1.63. The van der Waals surface area contributed by atoms with Gasteiger partial charge in [-0.3, -0.25) is 10.2 Å². The molecule has 2 N–H and O–H groups in total. The Morgan fingerprint density at radius 3 is 2.41 bits per heavy atom. The molecule has 1 aliphatic heterocycles. The standard InChI is InChI=1S/C21H24F2N6O2S/c1-11-18(32-12(2)24-11)10-29-6-4-13(5-7-29)25-21(30)28-19-20(31-3)27-17-9-15(23)14(22)8-16(17)26-19/h8-9,13H,4-7,10H2,1-3H3,(H2,25,26,28,30). The fourth-order valence-electron chi connectivity index (χ4n) is 3.75. The topological polar surface area (TPSA) is 92.3 Å². The number of likely N-dealkylation sites (tertiary alicyclic amines) is 1. The van der Waals surface area contributed by atoms with Crippen molar-refractivity contribution < 1.29 is 18.3 Å². The summed E-state index contributed by atoms with van der Waals surface area (Å²) in [4.78, 5) is 28.9. The van der Waals surface area contributed by atoms with Gasteiger partial charge in [0, 0.05) is 42.7 Å². The highest BCUT2D eigenvalue weighted by Gasteiger charge is 2.23. The fourth-order valence-corrected chi connectivity index (χ4v) is 4.73. The zero-order valence-electron chi connectivity index (χ0n) is 18.0. The van der Waals surface area contributed by atoms with E-state index >= 15 is 0 Å². The van der Waals surface area contributed by atoms with Crippen LogP contribution in [-0.4, -0.2) is 52.1 Å². The number of aromatic nitrogens is 3. The Balaban J connectivity index is 1.35. The van der Waals surface area contributed by atoms with Gasteiger partial charge in [0.05, 0.1) is 28.8 Å². The summed E-state index contributed by atoms with van der Waals surface area (Å²) < 4.78 is 32.2. The number of benzene rings is 1. The van der Waals surface area contributed by atoms with Crippen LogP contribution >= 0.6 is 11.3 Å². The van der Waals surface area contributed by atoms with Crippen molar-refractivity contribution in [2.45, 2.75) is 39.3 Å². The molecule has 4 rings (SSSR count). The number of urea groups is 1. The van der Waals surface area contributed by atoms with E-state index in [0.717, 1.165) is 55.3 Å². The third-order valence-corrected chi connectivity index (χ3v) is 6.45. The zero-order valence-corrected chi connectivity index (χ0v) is 18.9. The summed E-state index contributed by atoms with van der Waals surface area (Å²) in [5, 5.41) is 6.63. The summed E-state index contributed by atoms with van der Waals surface area (Å²) in [5.74, 6) is -2.01. The molecule has 0 spiro atoms. The van der Waals surface area contributed by atoms with Gasteiger partial charge in [0.1, 0.15) is 0 Å². The SMILES string of the molecule is COc1nc2cc(F)c(F)cc2nc1NC(=O)NC1CCN(Cc2sc(C)nc2C)CC1. The van der Waals surface area contributed by atoms with Gasteiger partial charge in [-0.15, -0.1) is 11.3 Å². The Hall–Kier alpha value is -2.92.